The molecule has 0 spiro atoms. The summed E-state index contributed by atoms with van der Waals surface area (Å²) in [5.74, 6) is -0.153. The van der Waals surface area contributed by atoms with Crippen molar-refractivity contribution in [3.05, 3.63) is 78.1 Å². The summed E-state index contributed by atoms with van der Waals surface area (Å²) in [6, 6.07) is 13.8. The van der Waals surface area contributed by atoms with Gasteiger partial charge in [0.25, 0.3) is 0 Å². The number of nitrogens with one attached hydrogen (secondary N) is 1. The molecule has 4 nitrogen and oxygen atoms in total. The largest absolute Gasteiger partial charge is 0.365 e. The fourth-order valence-electron chi connectivity index (χ4n) is 2.35. The first-order chi connectivity index (χ1) is 11.6. The number of carbonyl (C=O) groups excluding carboxylic acids is 1. The number of rotatable bonds is 8. The summed E-state index contributed by atoms with van der Waals surface area (Å²) >= 11 is 0. The third-order valence-corrected chi connectivity index (χ3v) is 3.76. The van der Waals surface area contributed by atoms with Gasteiger partial charge in [-0.25, -0.2) is 0 Å². The lowest BCUT2D eigenvalue weighted by Crippen LogP contribution is -2.38. The van der Waals surface area contributed by atoms with Crippen LogP contribution in [0, 0.1) is 6.92 Å². The van der Waals surface area contributed by atoms with Crippen LogP contribution in [-0.2, 0) is 16.0 Å². The quantitative estimate of drug-likeness (QED) is 0.757. The van der Waals surface area contributed by atoms with Gasteiger partial charge in [-0.15, -0.1) is 6.58 Å². The molecule has 2 atom stereocenters. The number of benzene rings is 1. The van der Waals surface area contributed by atoms with E-state index in [1.807, 2.05) is 18.2 Å². The van der Waals surface area contributed by atoms with Crippen molar-refractivity contribution < 1.29 is 9.53 Å². The summed E-state index contributed by atoms with van der Waals surface area (Å²) in [4.78, 5) is 16.8. The minimum Gasteiger partial charge on any atom is -0.365 e. The molecular formula is C20H24N2O2. The first-order valence-electron chi connectivity index (χ1n) is 8.09. The smallest absolute Gasteiger partial charge is 0.249 e. The van der Waals surface area contributed by atoms with Crippen LogP contribution in [0.25, 0.3) is 0 Å². The molecule has 0 radical (unpaired) electrons. The molecule has 1 heterocycles. The van der Waals surface area contributed by atoms with E-state index in [0.29, 0.717) is 13.0 Å². The van der Waals surface area contributed by atoms with E-state index in [1.165, 1.54) is 5.56 Å². The zero-order chi connectivity index (χ0) is 17.4. The number of amides is 1. The molecule has 0 aliphatic rings. The molecule has 24 heavy (non-hydrogen) atoms. The van der Waals surface area contributed by atoms with E-state index in [4.69, 9.17) is 4.74 Å². The van der Waals surface area contributed by atoms with Gasteiger partial charge in [0.05, 0.1) is 18.3 Å². The maximum absolute atomic E-state index is 12.4. The van der Waals surface area contributed by atoms with E-state index < -0.39 is 6.10 Å². The summed E-state index contributed by atoms with van der Waals surface area (Å²) in [5.41, 5.74) is 3.20. The second kappa shape index (κ2) is 8.99. The van der Waals surface area contributed by atoms with Gasteiger partial charge in [-0.1, -0.05) is 42.0 Å². The third kappa shape index (κ3) is 5.32. The van der Waals surface area contributed by atoms with Gasteiger partial charge in [0.2, 0.25) is 5.91 Å². The molecule has 4 heteroatoms. The lowest BCUT2D eigenvalue weighted by atomic mass is 10.0. The summed E-state index contributed by atoms with van der Waals surface area (Å²) in [6.45, 7) is 7.74. The molecule has 2 rings (SSSR count). The molecule has 0 saturated heterocycles. The van der Waals surface area contributed by atoms with Crippen molar-refractivity contribution in [3.8, 4) is 0 Å². The molecule has 0 saturated carbocycles. The first-order valence-corrected chi connectivity index (χ1v) is 8.09. The Balaban J connectivity index is 2.12. The maximum Gasteiger partial charge on any atom is 0.249 e. The molecule has 0 unspecified atom stereocenters. The van der Waals surface area contributed by atoms with Crippen molar-refractivity contribution in [3.63, 3.8) is 0 Å². The maximum atomic E-state index is 12.4. The Morgan fingerprint density at radius 3 is 2.67 bits per heavy atom. The minimum absolute atomic E-state index is 0.153. The molecule has 2 aromatic rings. The minimum atomic E-state index is -0.535. The predicted octanol–water partition coefficient (Wildman–Crippen LogP) is 3.38. The van der Waals surface area contributed by atoms with Gasteiger partial charge < -0.3 is 10.1 Å². The fraction of sp³-hybridized carbons (Fsp3) is 0.300. The van der Waals surface area contributed by atoms with Gasteiger partial charge in [-0.05, 0) is 38.0 Å². The number of hydrogen-bond donors (Lipinski definition) is 1. The van der Waals surface area contributed by atoms with Crippen molar-refractivity contribution in [2.45, 2.75) is 32.4 Å². The molecular weight excluding hydrogens is 300 g/mol. The SMILES string of the molecule is C=CCO[C@@H](C)C(=O)N[C@H](Cc1ccc(C)cc1)c1ccccn1. The van der Waals surface area contributed by atoms with Crippen LogP contribution in [0.3, 0.4) is 0 Å². The van der Waals surface area contributed by atoms with E-state index in [9.17, 15) is 4.79 Å². The molecule has 1 amide bonds. The van der Waals surface area contributed by atoms with Crippen molar-refractivity contribution >= 4 is 5.91 Å². The number of ether oxygens (including phenoxy) is 1. The van der Waals surface area contributed by atoms with Gasteiger partial charge >= 0.3 is 0 Å². The number of aromatic nitrogens is 1. The summed E-state index contributed by atoms with van der Waals surface area (Å²) in [6.07, 6.45) is 3.51. The Kier molecular flexibility index (Phi) is 6.70. The summed E-state index contributed by atoms with van der Waals surface area (Å²) < 4.78 is 5.41. The second-order valence-corrected chi connectivity index (χ2v) is 5.77. The van der Waals surface area contributed by atoms with Crippen LogP contribution in [-0.4, -0.2) is 23.6 Å². The number of pyridine rings is 1. The van der Waals surface area contributed by atoms with Crippen molar-refractivity contribution in [1.29, 1.82) is 0 Å². The van der Waals surface area contributed by atoms with Crippen LogP contribution in [0.4, 0.5) is 0 Å². The number of carbonyl (C=O) groups is 1. The molecule has 1 aromatic heterocycles. The standard InChI is InChI=1S/C20H24N2O2/c1-4-13-24-16(3)20(23)22-19(18-7-5-6-12-21-18)14-17-10-8-15(2)9-11-17/h4-12,16,19H,1,13-14H2,2-3H3,(H,22,23)/t16-,19+/m0/s1. The average Bonchev–Trinajstić information content (AvgIpc) is 2.61. The Hall–Kier alpha value is -2.46. The van der Waals surface area contributed by atoms with Gasteiger partial charge in [0.15, 0.2) is 0 Å². The fourth-order valence-corrected chi connectivity index (χ4v) is 2.35. The number of nitrogens with zero attached hydrogens (tertiary/aromatic N) is 1. The Morgan fingerprint density at radius 2 is 2.04 bits per heavy atom. The van der Waals surface area contributed by atoms with E-state index in [1.54, 1.807) is 19.2 Å². The Morgan fingerprint density at radius 1 is 1.29 bits per heavy atom. The summed E-state index contributed by atoms with van der Waals surface area (Å²) in [5, 5.41) is 3.04. The van der Waals surface area contributed by atoms with Crippen molar-refractivity contribution in [1.82, 2.24) is 10.3 Å². The zero-order valence-electron chi connectivity index (χ0n) is 14.2. The normalized spacial score (nSPS) is 13.1. The van der Waals surface area contributed by atoms with E-state index >= 15 is 0 Å². The van der Waals surface area contributed by atoms with Crippen LogP contribution < -0.4 is 5.32 Å². The monoisotopic (exact) mass is 324 g/mol. The molecule has 126 valence electrons. The predicted molar refractivity (Wildman–Crippen MR) is 95.6 cm³/mol. The first kappa shape index (κ1) is 17.9. The number of aryl methyl sites for hydroxylation is 1. The summed E-state index contributed by atoms with van der Waals surface area (Å²) in [7, 11) is 0. The van der Waals surface area contributed by atoms with E-state index in [-0.39, 0.29) is 11.9 Å². The lowest BCUT2D eigenvalue weighted by molar-refractivity contribution is -0.131. The van der Waals surface area contributed by atoms with E-state index in [2.05, 4.69) is 48.1 Å². The van der Waals surface area contributed by atoms with Crippen molar-refractivity contribution in [2.75, 3.05) is 6.61 Å². The topological polar surface area (TPSA) is 51.2 Å². The van der Waals surface area contributed by atoms with Crippen LogP contribution in [0.2, 0.25) is 0 Å². The van der Waals surface area contributed by atoms with Gasteiger partial charge in [-0.2, -0.15) is 0 Å². The Labute approximate surface area is 143 Å². The van der Waals surface area contributed by atoms with Gasteiger partial charge in [0.1, 0.15) is 6.10 Å². The number of hydrogen-bond acceptors (Lipinski definition) is 3. The van der Waals surface area contributed by atoms with Gasteiger partial charge in [-0.3, -0.25) is 9.78 Å². The molecule has 0 aliphatic heterocycles. The van der Waals surface area contributed by atoms with Crippen LogP contribution >= 0.6 is 0 Å². The lowest BCUT2D eigenvalue weighted by Gasteiger charge is -2.21. The van der Waals surface area contributed by atoms with E-state index in [0.717, 1.165) is 11.3 Å². The highest BCUT2D eigenvalue weighted by Crippen LogP contribution is 2.17. The van der Waals surface area contributed by atoms with Crippen LogP contribution in [0.15, 0.2) is 61.3 Å². The second-order valence-electron chi connectivity index (χ2n) is 5.77. The van der Waals surface area contributed by atoms with Crippen LogP contribution in [0.5, 0.6) is 0 Å². The molecule has 0 bridgehead atoms. The average molecular weight is 324 g/mol. The highest BCUT2D eigenvalue weighted by molar-refractivity contribution is 5.80. The Bertz CT molecular complexity index is 653. The highest BCUT2D eigenvalue weighted by Gasteiger charge is 2.20. The molecule has 1 N–H and O–H groups in total. The highest BCUT2D eigenvalue weighted by atomic mass is 16.5. The molecule has 0 fully saturated rings. The van der Waals surface area contributed by atoms with Crippen LogP contribution in [0.1, 0.15) is 29.8 Å². The molecule has 0 aliphatic carbocycles. The molecule has 1 aromatic carbocycles. The zero-order valence-corrected chi connectivity index (χ0v) is 14.2. The third-order valence-electron chi connectivity index (χ3n) is 3.76. The van der Waals surface area contributed by atoms with Crippen molar-refractivity contribution in [2.24, 2.45) is 0 Å². The van der Waals surface area contributed by atoms with Gasteiger partial charge in [0, 0.05) is 6.20 Å².